The van der Waals surface area contributed by atoms with E-state index < -0.39 is 0 Å². The first kappa shape index (κ1) is 10.9. The van der Waals surface area contributed by atoms with Gasteiger partial charge in [-0.05, 0) is 39.0 Å². The van der Waals surface area contributed by atoms with Crippen LogP contribution in [0.15, 0.2) is 0 Å². The summed E-state index contributed by atoms with van der Waals surface area (Å²) in [5.74, 6) is -0.0392. The maximum Gasteiger partial charge on any atom is 0.305 e. The van der Waals surface area contributed by atoms with Gasteiger partial charge in [0.25, 0.3) is 0 Å². The molecule has 0 radical (unpaired) electrons. The maximum absolute atomic E-state index is 11.3. The van der Waals surface area contributed by atoms with Gasteiger partial charge in [-0.1, -0.05) is 6.42 Å². The highest BCUT2D eigenvalue weighted by Crippen LogP contribution is 2.38. The van der Waals surface area contributed by atoms with Crippen LogP contribution in [0.3, 0.4) is 0 Å². The SMILES string of the molecule is CCOC(=O)CCC12CCCC(CC1)N2. The molecule has 0 spiro atoms. The molecule has 2 heterocycles. The normalized spacial score (nSPS) is 34.1. The maximum atomic E-state index is 11.3. The third-order valence-electron chi connectivity index (χ3n) is 3.80. The smallest absolute Gasteiger partial charge is 0.305 e. The molecule has 2 fully saturated rings. The third kappa shape index (κ3) is 2.51. The van der Waals surface area contributed by atoms with Crippen molar-refractivity contribution in [1.82, 2.24) is 5.32 Å². The lowest BCUT2D eigenvalue weighted by Crippen LogP contribution is -2.46. The van der Waals surface area contributed by atoms with E-state index in [1.807, 2.05) is 6.92 Å². The molecule has 2 atom stereocenters. The zero-order valence-corrected chi connectivity index (χ0v) is 9.55. The molecule has 2 bridgehead atoms. The molecule has 3 nitrogen and oxygen atoms in total. The topological polar surface area (TPSA) is 38.3 Å². The summed E-state index contributed by atoms with van der Waals surface area (Å²) >= 11 is 0. The van der Waals surface area contributed by atoms with Crippen LogP contribution < -0.4 is 5.32 Å². The van der Waals surface area contributed by atoms with E-state index in [-0.39, 0.29) is 11.5 Å². The lowest BCUT2D eigenvalue weighted by molar-refractivity contribution is -0.143. The highest BCUT2D eigenvalue weighted by atomic mass is 16.5. The molecule has 2 unspecified atom stereocenters. The summed E-state index contributed by atoms with van der Waals surface area (Å²) in [7, 11) is 0. The monoisotopic (exact) mass is 211 g/mol. The van der Waals surface area contributed by atoms with Crippen molar-refractivity contribution < 1.29 is 9.53 Å². The Morgan fingerprint density at radius 3 is 3.13 bits per heavy atom. The van der Waals surface area contributed by atoms with Gasteiger partial charge in [0.05, 0.1) is 6.61 Å². The Morgan fingerprint density at radius 1 is 1.47 bits per heavy atom. The number of fused-ring (bicyclic) bond motifs is 2. The molecule has 2 saturated heterocycles. The quantitative estimate of drug-likeness (QED) is 0.723. The molecule has 2 rings (SSSR count). The molecule has 0 aromatic rings. The van der Waals surface area contributed by atoms with Crippen molar-refractivity contribution in [3.05, 3.63) is 0 Å². The number of carbonyl (C=O) groups is 1. The molecular weight excluding hydrogens is 190 g/mol. The average Bonchev–Trinajstić information content (AvgIpc) is 2.53. The van der Waals surface area contributed by atoms with E-state index in [9.17, 15) is 4.79 Å². The van der Waals surface area contributed by atoms with Crippen molar-refractivity contribution in [2.75, 3.05) is 6.61 Å². The number of hydrogen-bond donors (Lipinski definition) is 1. The van der Waals surface area contributed by atoms with Crippen molar-refractivity contribution in [1.29, 1.82) is 0 Å². The van der Waals surface area contributed by atoms with Gasteiger partial charge in [-0.2, -0.15) is 0 Å². The van der Waals surface area contributed by atoms with Crippen LogP contribution in [0.25, 0.3) is 0 Å². The summed E-state index contributed by atoms with van der Waals surface area (Å²) < 4.78 is 4.97. The van der Waals surface area contributed by atoms with E-state index in [0.29, 0.717) is 13.0 Å². The largest absolute Gasteiger partial charge is 0.466 e. The molecule has 0 aromatic carbocycles. The molecule has 15 heavy (non-hydrogen) atoms. The minimum atomic E-state index is -0.0392. The fraction of sp³-hybridized carbons (Fsp3) is 0.917. The number of rotatable bonds is 4. The van der Waals surface area contributed by atoms with Crippen molar-refractivity contribution in [2.45, 2.75) is 63.5 Å². The Balaban J connectivity index is 1.80. The second-order valence-electron chi connectivity index (χ2n) is 4.86. The van der Waals surface area contributed by atoms with Gasteiger partial charge in [-0.3, -0.25) is 4.79 Å². The van der Waals surface area contributed by atoms with Gasteiger partial charge in [-0.15, -0.1) is 0 Å². The fourth-order valence-corrected chi connectivity index (χ4v) is 3.03. The van der Waals surface area contributed by atoms with Gasteiger partial charge in [-0.25, -0.2) is 0 Å². The van der Waals surface area contributed by atoms with E-state index in [1.165, 1.54) is 32.1 Å². The standard InChI is InChI=1S/C12H21NO2/c1-2-15-11(14)6-9-12-7-3-4-10(13-12)5-8-12/h10,13H,2-9H2,1H3. The molecule has 2 aliphatic rings. The van der Waals surface area contributed by atoms with E-state index in [2.05, 4.69) is 5.32 Å². The van der Waals surface area contributed by atoms with E-state index in [4.69, 9.17) is 4.74 Å². The number of esters is 1. The molecule has 3 heteroatoms. The number of ether oxygens (including phenoxy) is 1. The van der Waals surface area contributed by atoms with Gasteiger partial charge >= 0.3 is 5.97 Å². The number of hydrogen-bond acceptors (Lipinski definition) is 3. The second-order valence-corrected chi connectivity index (χ2v) is 4.86. The molecule has 1 N–H and O–H groups in total. The van der Waals surface area contributed by atoms with E-state index in [1.54, 1.807) is 0 Å². The molecular formula is C12H21NO2. The highest BCUT2D eigenvalue weighted by molar-refractivity contribution is 5.69. The highest BCUT2D eigenvalue weighted by Gasteiger charge is 2.41. The molecule has 0 aliphatic carbocycles. The van der Waals surface area contributed by atoms with Gasteiger partial charge in [0, 0.05) is 18.0 Å². The Kier molecular flexibility index (Phi) is 3.29. The van der Waals surface area contributed by atoms with Crippen LogP contribution in [-0.2, 0) is 9.53 Å². The summed E-state index contributed by atoms with van der Waals surface area (Å²) in [5.41, 5.74) is 0.273. The summed E-state index contributed by atoms with van der Waals surface area (Å²) in [6.45, 7) is 2.36. The first-order valence-electron chi connectivity index (χ1n) is 6.17. The van der Waals surface area contributed by atoms with E-state index in [0.717, 1.165) is 12.5 Å². The van der Waals surface area contributed by atoms with Gasteiger partial charge < -0.3 is 10.1 Å². The zero-order chi connectivity index (χ0) is 10.7. The predicted molar refractivity (Wildman–Crippen MR) is 58.6 cm³/mol. The average molecular weight is 211 g/mol. The van der Waals surface area contributed by atoms with Crippen LogP contribution in [0, 0.1) is 0 Å². The van der Waals surface area contributed by atoms with Gasteiger partial charge in [0.15, 0.2) is 0 Å². The molecule has 2 aliphatic heterocycles. The lowest BCUT2D eigenvalue weighted by Gasteiger charge is -2.34. The second kappa shape index (κ2) is 4.52. The number of carbonyl (C=O) groups excluding carboxylic acids is 1. The Labute approximate surface area is 91.6 Å². The fourth-order valence-electron chi connectivity index (χ4n) is 3.03. The predicted octanol–water partition coefficient (Wildman–Crippen LogP) is 2.00. The Bertz CT molecular complexity index is 238. The summed E-state index contributed by atoms with van der Waals surface area (Å²) in [4.78, 5) is 11.3. The van der Waals surface area contributed by atoms with Crippen LogP contribution in [0.5, 0.6) is 0 Å². The van der Waals surface area contributed by atoms with Crippen molar-refractivity contribution in [2.24, 2.45) is 0 Å². The zero-order valence-electron chi connectivity index (χ0n) is 9.55. The van der Waals surface area contributed by atoms with Crippen LogP contribution >= 0.6 is 0 Å². The first-order valence-corrected chi connectivity index (χ1v) is 6.17. The third-order valence-corrected chi connectivity index (χ3v) is 3.80. The number of piperidine rings is 1. The Morgan fingerprint density at radius 2 is 2.33 bits per heavy atom. The van der Waals surface area contributed by atoms with Crippen LogP contribution in [0.4, 0.5) is 0 Å². The molecule has 86 valence electrons. The van der Waals surface area contributed by atoms with E-state index >= 15 is 0 Å². The minimum Gasteiger partial charge on any atom is -0.466 e. The Hall–Kier alpha value is -0.570. The van der Waals surface area contributed by atoms with Crippen molar-refractivity contribution in [3.63, 3.8) is 0 Å². The molecule has 0 aromatic heterocycles. The van der Waals surface area contributed by atoms with Crippen molar-refractivity contribution in [3.8, 4) is 0 Å². The summed E-state index contributed by atoms with van der Waals surface area (Å²) in [5, 5.41) is 3.69. The lowest BCUT2D eigenvalue weighted by atomic mass is 9.86. The molecule has 0 amide bonds. The minimum absolute atomic E-state index is 0.0392. The van der Waals surface area contributed by atoms with Gasteiger partial charge in [0.2, 0.25) is 0 Å². The summed E-state index contributed by atoms with van der Waals surface area (Å²) in [6.07, 6.45) is 7.96. The van der Waals surface area contributed by atoms with Crippen molar-refractivity contribution >= 4 is 5.97 Å². The van der Waals surface area contributed by atoms with Crippen LogP contribution in [0.1, 0.15) is 51.9 Å². The summed E-state index contributed by atoms with van der Waals surface area (Å²) in [6, 6.07) is 0.723. The van der Waals surface area contributed by atoms with Crippen LogP contribution in [-0.4, -0.2) is 24.2 Å². The number of nitrogens with one attached hydrogen (secondary N) is 1. The van der Waals surface area contributed by atoms with Crippen LogP contribution in [0.2, 0.25) is 0 Å². The van der Waals surface area contributed by atoms with Gasteiger partial charge in [0.1, 0.15) is 0 Å². The first-order chi connectivity index (χ1) is 7.24. The molecule has 0 saturated carbocycles.